The molecule has 1 aromatic rings. The number of nitrogens with zero attached hydrogens (tertiary/aromatic N) is 1. The number of carbonyl (C=O) groups is 1. The third kappa shape index (κ3) is 2.65. The summed E-state index contributed by atoms with van der Waals surface area (Å²) in [4.78, 5) is 10.8. The Balaban J connectivity index is 2.18. The average Bonchev–Trinajstić information content (AvgIpc) is 2.29. The van der Waals surface area contributed by atoms with Crippen molar-refractivity contribution < 1.29 is 18.3 Å². The largest absolute Gasteiger partial charge is 0.481 e. The first-order chi connectivity index (χ1) is 9.25. The van der Waals surface area contributed by atoms with Crippen LogP contribution in [0.25, 0.3) is 0 Å². The number of sulfonamides is 1. The van der Waals surface area contributed by atoms with Gasteiger partial charge in [0.1, 0.15) is 4.90 Å². The van der Waals surface area contributed by atoms with E-state index < -0.39 is 21.9 Å². The molecular formula is C12H13Cl2NO4S. The van der Waals surface area contributed by atoms with Crippen LogP contribution in [-0.2, 0) is 14.8 Å². The number of aliphatic carboxylic acids is 1. The maximum absolute atomic E-state index is 12.4. The van der Waals surface area contributed by atoms with Gasteiger partial charge in [-0.15, -0.1) is 0 Å². The predicted octanol–water partition coefficient (Wildman–Crippen LogP) is 2.33. The molecule has 1 aliphatic heterocycles. The molecule has 1 aliphatic rings. The van der Waals surface area contributed by atoms with Gasteiger partial charge in [0.15, 0.2) is 0 Å². The topological polar surface area (TPSA) is 74.7 Å². The fourth-order valence-electron chi connectivity index (χ4n) is 2.01. The van der Waals surface area contributed by atoms with E-state index in [0.717, 1.165) is 0 Å². The summed E-state index contributed by atoms with van der Waals surface area (Å²) in [5.41, 5.74) is 0. The monoisotopic (exact) mass is 337 g/mol. The van der Waals surface area contributed by atoms with Crippen LogP contribution in [0.2, 0.25) is 10.0 Å². The zero-order valence-corrected chi connectivity index (χ0v) is 12.9. The van der Waals surface area contributed by atoms with E-state index >= 15 is 0 Å². The van der Waals surface area contributed by atoms with Crippen molar-refractivity contribution in [3.63, 3.8) is 0 Å². The molecule has 2 rings (SSSR count). The second-order valence-corrected chi connectivity index (χ2v) is 7.45. The molecule has 110 valence electrons. The third-order valence-electron chi connectivity index (χ3n) is 3.51. The lowest BCUT2D eigenvalue weighted by atomic mass is 9.89. The summed E-state index contributed by atoms with van der Waals surface area (Å²) < 4.78 is 25.9. The Morgan fingerprint density at radius 1 is 1.40 bits per heavy atom. The van der Waals surface area contributed by atoms with Crippen LogP contribution in [0.1, 0.15) is 6.92 Å². The molecule has 8 heteroatoms. The van der Waals surface area contributed by atoms with Gasteiger partial charge in [0.05, 0.1) is 16.0 Å². The molecule has 1 atom stereocenters. The van der Waals surface area contributed by atoms with E-state index in [1.165, 1.54) is 22.5 Å². The zero-order valence-electron chi connectivity index (χ0n) is 10.6. The Morgan fingerprint density at radius 3 is 2.55 bits per heavy atom. The van der Waals surface area contributed by atoms with Crippen molar-refractivity contribution in [2.75, 3.05) is 13.1 Å². The smallest absolute Gasteiger partial charge is 0.306 e. The minimum absolute atomic E-state index is 0.0103. The Morgan fingerprint density at radius 2 is 2.00 bits per heavy atom. The van der Waals surface area contributed by atoms with Crippen molar-refractivity contribution in [2.24, 2.45) is 11.8 Å². The summed E-state index contributed by atoms with van der Waals surface area (Å²) in [5.74, 6) is -1.68. The summed E-state index contributed by atoms with van der Waals surface area (Å²) in [5, 5.41) is 9.06. The van der Waals surface area contributed by atoms with Gasteiger partial charge in [-0.1, -0.05) is 36.2 Å². The lowest BCUT2D eigenvalue weighted by Gasteiger charge is -2.40. The highest BCUT2D eigenvalue weighted by Crippen LogP contribution is 2.35. The predicted molar refractivity (Wildman–Crippen MR) is 75.5 cm³/mol. The molecule has 1 unspecified atom stereocenters. The summed E-state index contributed by atoms with van der Waals surface area (Å²) in [7, 11) is -3.72. The molecule has 0 aromatic heterocycles. The Labute approximate surface area is 127 Å². The van der Waals surface area contributed by atoms with Crippen LogP contribution >= 0.6 is 23.2 Å². The number of hydrogen-bond acceptors (Lipinski definition) is 3. The minimum atomic E-state index is -3.72. The van der Waals surface area contributed by atoms with E-state index in [-0.39, 0.29) is 33.9 Å². The maximum Gasteiger partial charge on any atom is 0.306 e. The molecule has 0 saturated carbocycles. The van der Waals surface area contributed by atoms with Crippen molar-refractivity contribution >= 4 is 39.2 Å². The SMILES string of the molecule is CC(C(=O)O)C1CN(S(=O)(=O)c2cccc(Cl)c2Cl)C1. The molecule has 0 amide bonds. The van der Waals surface area contributed by atoms with Gasteiger partial charge in [-0.3, -0.25) is 4.79 Å². The van der Waals surface area contributed by atoms with Crippen LogP contribution in [0.15, 0.2) is 23.1 Å². The molecule has 20 heavy (non-hydrogen) atoms. The Kier molecular flexibility index (Phi) is 4.30. The maximum atomic E-state index is 12.4. The first kappa shape index (κ1) is 15.6. The van der Waals surface area contributed by atoms with Gasteiger partial charge in [0.25, 0.3) is 0 Å². The quantitative estimate of drug-likeness (QED) is 0.914. The van der Waals surface area contributed by atoms with Crippen molar-refractivity contribution in [1.29, 1.82) is 0 Å². The number of carboxylic acid groups (broad SMARTS) is 1. The number of rotatable bonds is 4. The van der Waals surface area contributed by atoms with Gasteiger partial charge in [0, 0.05) is 13.1 Å². The van der Waals surface area contributed by atoms with Crippen molar-refractivity contribution in [1.82, 2.24) is 4.31 Å². The molecule has 1 heterocycles. The highest BCUT2D eigenvalue weighted by molar-refractivity contribution is 7.89. The Hall–Kier alpha value is -0.820. The number of halogens is 2. The van der Waals surface area contributed by atoms with Crippen LogP contribution in [0.4, 0.5) is 0 Å². The van der Waals surface area contributed by atoms with Crippen molar-refractivity contribution in [2.45, 2.75) is 11.8 Å². The Bertz CT molecular complexity index is 641. The summed E-state index contributed by atoms with van der Waals surface area (Å²) >= 11 is 11.7. The molecular weight excluding hydrogens is 325 g/mol. The minimum Gasteiger partial charge on any atom is -0.481 e. The van der Waals surface area contributed by atoms with E-state index in [1.807, 2.05) is 0 Å². The van der Waals surface area contributed by atoms with Crippen molar-refractivity contribution in [3.05, 3.63) is 28.2 Å². The molecule has 0 radical (unpaired) electrons. The van der Waals surface area contributed by atoms with E-state index in [2.05, 4.69) is 0 Å². The van der Waals surface area contributed by atoms with Crippen LogP contribution in [0.3, 0.4) is 0 Å². The molecule has 0 aliphatic carbocycles. The lowest BCUT2D eigenvalue weighted by Crippen LogP contribution is -2.53. The number of carboxylic acids is 1. The van der Waals surface area contributed by atoms with Gasteiger partial charge in [0.2, 0.25) is 10.0 Å². The van der Waals surface area contributed by atoms with Crippen LogP contribution < -0.4 is 0 Å². The zero-order chi connectivity index (χ0) is 15.1. The highest BCUT2D eigenvalue weighted by atomic mass is 35.5. The molecule has 0 bridgehead atoms. The van der Waals surface area contributed by atoms with Crippen LogP contribution in [0.5, 0.6) is 0 Å². The lowest BCUT2D eigenvalue weighted by molar-refractivity contribution is -0.144. The van der Waals surface area contributed by atoms with Gasteiger partial charge in [-0.25, -0.2) is 8.42 Å². The van der Waals surface area contributed by atoms with Gasteiger partial charge in [-0.05, 0) is 18.1 Å². The fourth-order valence-corrected chi connectivity index (χ4v) is 4.30. The number of hydrogen-bond donors (Lipinski definition) is 1. The standard InChI is InChI=1S/C12H13Cl2NO4S/c1-7(12(16)17)8-5-15(6-8)20(18,19)10-4-2-3-9(13)11(10)14/h2-4,7-8H,5-6H2,1H3,(H,16,17). The van der Waals surface area contributed by atoms with Crippen LogP contribution in [-0.4, -0.2) is 36.9 Å². The van der Waals surface area contributed by atoms with E-state index in [9.17, 15) is 13.2 Å². The molecule has 0 spiro atoms. The summed E-state index contributed by atoms with van der Waals surface area (Å²) in [6, 6.07) is 4.41. The highest BCUT2D eigenvalue weighted by Gasteiger charge is 2.42. The van der Waals surface area contributed by atoms with Gasteiger partial charge < -0.3 is 5.11 Å². The number of benzene rings is 1. The summed E-state index contributed by atoms with van der Waals surface area (Å²) in [6.45, 7) is 1.93. The normalized spacial score (nSPS) is 18.6. The average molecular weight is 338 g/mol. The van der Waals surface area contributed by atoms with Gasteiger partial charge in [-0.2, -0.15) is 4.31 Å². The van der Waals surface area contributed by atoms with Crippen molar-refractivity contribution in [3.8, 4) is 0 Å². The van der Waals surface area contributed by atoms with Gasteiger partial charge >= 0.3 is 5.97 Å². The molecule has 1 aromatic carbocycles. The van der Waals surface area contributed by atoms with Crippen LogP contribution in [0, 0.1) is 11.8 Å². The second-order valence-electron chi connectivity index (χ2n) is 4.76. The van der Waals surface area contributed by atoms with E-state index in [1.54, 1.807) is 6.92 Å². The van der Waals surface area contributed by atoms with E-state index in [0.29, 0.717) is 0 Å². The molecule has 1 N–H and O–H groups in total. The molecule has 5 nitrogen and oxygen atoms in total. The fraction of sp³-hybridized carbons (Fsp3) is 0.417. The first-order valence-electron chi connectivity index (χ1n) is 5.92. The first-order valence-corrected chi connectivity index (χ1v) is 8.11. The van der Waals surface area contributed by atoms with E-state index in [4.69, 9.17) is 28.3 Å². The summed E-state index contributed by atoms with van der Waals surface area (Å²) in [6.07, 6.45) is 0. The molecule has 1 fully saturated rings. The molecule has 1 saturated heterocycles. The third-order valence-corrected chi connectivity index (χ3v) is 6.31. The second kappa shape index (κ2) is 5.52.